The van der Waals surface area contributed by atoms with E-state index in [9.17, 15) is 9.00 Å². The highest BCUT2D eigenvalue weighted by Crippen LogP contribution is 2.20. The van der Waals surface area contributed by atoms with Gasteiger partial charge in [0.15, 0.2) is 0 Å². The lowest BCUT2D eigenvalue weighted by atomic mass is 10.3. The molecule has 0 saturated heterocycles. The minimum absolute atomic E-state index is 0.335. The number of esters is 1. The van der Waals surface area contributed by atoms with Crippen molar-refractivity contribution in [2.24, 2.45) is 0 Å². The summed E-state index contributed by atoms with van der Waals surface area (Å²) in [7, 11) is -1.23. The average Bonchev–Trinajstić information content (AvgIpc) is 2.48. The zero-order chi connectivity index (χ0) is 14.5. The Labute approximate surface area is 120 Å². The van der Waals surface area contributed by atoms with E-state index in [-0.39, 0.29) is 0 Å². The van der Waals surface area contributed by atoms with E-state index >= 15 is 0 Å². The first-order chi connectivity index (χ1) is 9.58. The second-order valence-electron chi connectivity index (χ2n) is 4.22. The van der Waals surface area contributed by atoms with Crippen molar-refractivity contribution in [3.05, 3.63) is 66.7 Å². The molecule has 0 aliphatic heterocycles. The van der Waals surface area contributed by atoms with Crippen LogP contribution in [0.2, 0.25) is 0 Å². The van der Waals surface area contributed by atoms with Gasteiger partial charge in [-0.3, -0.25) is 0 Å². The second kappa shape index (κ2) is 6.30. The van der Waals surface area contributed by atoms with Crippen molar-refractivity contribution in [1.82, 2.24) is 0 Å². The lowest BCUT2D eigenvalue weighted by Crippen LogP contribution is -2.08. The highest BCUT2D eigenvalue weighted by atomic mass is 32.2. The Morgan fingerprint density at radius 1 is 1.00 bits per heavy atom. The molecule has 0 radical (unpaired) electrons. The van der Waals surface area contributed by atoms with Gasteiger partial charge in [0.25, 0.3) is 0 Å². The summed E-state index contributed by atoms with van der Waals surface area (Å²) in [5.74, 6) is -0.0613. The van der Waals surface area contributed by atoms with Gasteiger partial charge in [0.1, 0.15) is 5.75 Å². The Bertz CT molecular complexity index is 645. The fourth-order valence-electron chi connectivity index (χ4n) is 1.51. The van der Waals surface area contributed by atoms with Crippen molar-refractivity contribution in [2.45, 2.75) is 16.7 Å². The molecule has 1 atom stereocenters. The molecular formula is C16H14O3S. The van der Waals surface area contributed by atoms with Gasteiger partial charge in [-0.1, -0.05) is 24.8 Å². The molecule has 0 saturated carbocycles. The average molecular weight is 286 g/mol. The highest BCUT2D eigenvalue weighted by molar-refractivity contribution is 7.85. The molecule has 0 aliphatic rings. The molecule has 20 heavy (non-hydrogen) atoms. The molecule has 3 nitrogen and oxygen atoms in total. The minimum Gasteiger partial charge on any atom is -0.423 e. The number of hydrogen-bond acceptors (Lipinski definition) is 3. The number of carbonyl (C=O) groups is 1. The topological polar surface area (TPSA) is 43.4 Å². The van der Waals surface area contributed by atoms with Crippen LogP contribution < -0.4 is 4.74 Å². The Hall–Kier alpha value is -2.20. The molecule has 0 bridgehead atoms. The predicted molar refractivity (Wildman–Crippen MR) is 78.0 cm³/mol. The van der Waals surface area contributed by atoms with E-state index in [2.05, 4.69) is 6.58 Å². The molecule has 0 N–H and O–H groups in total. The molecule has 2 rings (SSSR count). The number of rotatable bonds is 4. The summed E-state index contributed by atoms with van der Waals surface area (Å²) in [5.41, 5.74) is 0.335. The van der Waals surface area contributed by atoms with Crippen LogP contribution in [0, 0.1) is 0 Å². The SMILES string of the molecule is C=C(C)C(=O)Oc1ccc(S(=O)c2ccccc2)cc1. The Balaban J connectivity index is 2.14. The standard InChI is InChI=1S/C16H14O3S/c1-12(2)16(17)19-13-8-10-15(11-9-13)20(18)14-6-4-3-5-7-14/h3-11H,1H2,2H3. The van der Waals surface area contributed by atoms with Crippen LogP contribution in [-0.2, 0) is 15.6 Å². The fraction of sp³-hybridized carbons (Fsp3) is 0.0625. The van der Waals surface area contributed by atoms with E-state index in [1.807, 2.05) is 30.3 Å². The number of benzene rings is 2. The van der Waals surface area contributed by atoms with Crippen LogP contribution in [0.1, 0.15) is 6.92 Å². The Morgan fingerprint density at radius 3 is 2.10 bits per heavy atom. The molecule has 0 amide bonds. The quantitative estimate of drug-likeness (QED) is 0.492. The summed E-state index contributed by atoms with van der Waals surface area (Å²) in [4.78, 5) is 12.8. The zero-order valence-corrected chi connectivity index (χ0v) is 11.9. The summed E-state index contributed by atoms with van der Waals surface area (Å²) in [6, 6.07) is 15.8. The molecule has 0 fully saturated rings. The van der Waals surface area contributed by atoms with Crippen LogP contribution in [0.5, 0.6) is 5.75 Å². The zero-order valence-electron chi connectivity index (χ0n) is 11.0. The Morgan fingerprint density at radius 2 is 1.55 bits per heavy atom. The van der Waals surface area contributed by atoms with E-state index in [1.54, 1.807) is 31.2 Å². The smallest absolute Gasteiger partial charge is 0.338 e. The summed E-state index contributed by atoms with van der Waals surface area (Å²) in [6.45, 7) is 5.10. The monoisotopic (exact) mass is 286 g/mol. The minimum atomic E-state index is -1.23. The van der Waals surface area contributed by atoms with E-state index in [1.165, 1.54) is 0 Å². The molecular weight excluding hydrogens is 272 g/mol. The highest BCUT2D eigenvalue weighted by Gasteiger charge is 2.08. The maximum atomic E-state index is 12.3. The van der Waals surface area contributed by atoms with E-state index in [4.69, 9.17) is 4.74 Å². The first kappa shape index (κ1) is 14.2. The van der Waals surface area contributed by atoms with Crippen LogP contribution in [0.4, 0.5) is 0 Å². The van der Waals surface area contributed by atoms with E-state index in [0.29, 0.717) is 16.2 Å². The van der Waals surface area contributed by atoms with Gasteiger partial charge in [0, 0.05) is 15.4 Å². The van der Waals surface area contributed by atoms with Crippen molar-refractivity contribution >= 4 is 16.8 Å². The fourth-order valence-corrected chi connectivity index (χ4v) is 2.57. The van der Waals surface area contributed by atoms with Gasteiger partial charge < -0.3 is 4.74 Å². The number of hydrogen-bond donors (Lipinski definition) is 0. The van der Waals surface area contributed by atoms with Crippen molar-refractivity contribution in [1.29, 1.82) is 0 Å². The lowest BCUT2D eigenvalue weighted by molar-refractivity contribution is -0.130. The van der Waals surface area contributed by atoms with Crippen LogP contribution in [-0.4, -0.2) is 10.2 Å². The van der Waals surface area contributed by atoms with Crippen molar-refractivity contribution in [3.8, 4) is 5.75 Å². The maximum Gasteiger partial charge on any atom is 0.338 e. The first-order valence-corrected chi connectivity index (χ1v) is 7.17. The maximum absolute atomic E-state index is 12.3. The summed E-state index contributed by atoms with van der Waals surface area (Å²) < 4.78 is 17.4. The van der Waals surface area contributed by atoms with Gasteiger partial charge in [0.05, 0.1) is 10.8 Å². The molecule has 102 valence electrons. The third-order valence-electron chi connectivity index (χ3n) is 2.55. The van der Waals surface area contributed by atoms with Crippen LogP contribution in [0.3, 0.4) is 0 Å². The molecule has 0 heterocycles. The van der Waals surface area contributed by atoms with Gasteiger partial charge in [-0.05, 0) is 43.3 Å². The summed E-state index contributed by atoms with van der Waals surface area (Å²) in [6.07, 6.45) is 0. The van der Waals surface area contributed by atoms with Crippen LogP contribution >= 0.6 is 0 Å². The van der Waals surface area contributed by atoms with E-state index < -0.39 is 16.8 Å². The van der Waals surface area contributed by atoms with Gasteiger partial charge in [0.2, 0.25) is 0 Å². The van der Waals surface area contributed by atoms with Crippen molar-refractivity contribution in [2.75, 3.05) is 0 Å². The molecule has 0 spiro atoms. The molecule has 2 aromatic rings. The summed E-state index contributed by atoms with van der Waals surface area (Å²) in [5, 5.41) is 0. The number of carbonyl (C=O) groups excluding carboxylic acids is 1. The summed E-state index contributed by atoms with van der Waals surface area (Å²) >= 11 is 0. The lowest BCUT2D eigenvalue weighted by Gasteiger charge is -2.05. The molecule has 1 unspecified atom stereocenters. The largest absolute Gasteiger partial charge is 0.423 e. The van der Waals surface area contributed by atoms with Gasteiger partial charge in [-0.25, -0.2) is 9.00 Å². The second-order valence-corrected chi connectivity index (χ2v) is 5.70. The van der Waals surface area contributed by atoms with Gasteiger partial charge >= 0.3 is 5.97 Å². The third kappa shape index (κ3) is 3.42. The molecule has 2 aromatic carbocycles. The molecule has 0 aliphatic carbocycles. The molecule has 4 heteroatoms. The van der Waals surface area contributed by atoms with Crippen LogP contribution in [0.15, 0.2) is 76.5 Å². The number of ether oxygens (including phenoxy) is 1. The third-order valence-corrected chi connectivity index (χ3v) is 3.95. The van der Waals surface area contributed by atoms with Crippen LogP contribution in [0.25, 0.3) is 0 Å². The molecule has 0 aromatic heterocycles. The van der Waals surface area contributed by atoms with Crippen molar-refractivity contribution in [3.63, 3.8) is 0 Å². The predicted octanol–water partition coefficient (Wildman–Crippen LogP) is 3.33. The first-order valence-electron chi connectivity index (χ1n) is 6.02. The Kier molecular flexibility index (Phi) is 4.48. The van der Waals surface area contributed by atoms with E-state index in [0.717, 1.165) is 4.90 Å². The van der Waals surface area contributed by atoms with Crippen molar-refractivity contribution < 1.29 is 13.7 Å². The normalized spacial score (nSPS) is 11.7. The van der Waals surface area contributed by atoms with Gasteiger partial charge in [-0.2, -0.15) is 0 Å². The van der Waals surface area contributed by atoms with Gasteiger partial charge in [-0.15, -0.1) is 0 Å².